The summed E-state index contributed by atoms with van der Waals surface area (Å²) in [6, 6.07) is 8.81. The lowest BCUT2D eigenvalue weighted by molar-refractivity contribution is 1.25. The molecule has 1 aliphatic rings. The summed E-state index contributed by atoms with van der Waals surface area (Å²) in [5.41, 5.74) is 4.60. The Bertz CT molecular complexity index is 350. The maximum absolute atomic E-state index is 2.41. The molecule has 14 heavy (non-hydrogen) atoms. The third-order valence-corrected chi connectivity index (χ3v) is 3.88. The molecule has 0 saturated carbocycles. The van der Waals surface area contributed by atoms with Crippen LogP contribution in [0.2, 0.25) is 0 Å². The van der Waals surface area contributed by atoms with Gasteiger partial charge in [0.2, 0.25) is 0 Å². The molecule has 0 fully saturated rings. The summed E-state index contributed by atoms with van der Waals surface area (Å²) in [6.45, 7) is 4.72. The molecule has 1 aromatic carbocycles. The lowest BCUT2D eigenvalue weighted by atomic mass is 10.0. The van der Waals surface area contributed by atoms with E-state index < -0.39 is 0 Å². The number of hydrogen-bond donors (Lipinski definition) is 0. The molecule has 0 radical (unpaired) electrons. The van der Waals surface area contributed by atoms with Crippen molar-refractivity contribution in [3.8, 4) is 0 Å². The second-order valence-corrected chi connectivity index (χ2v) is 6.75. The monoisotopic (exact) mass is 204 g/mol. The lowest BCUT2D eigenvalue weighted by Gasteiger charge is -2.07. The fourth-order valence-electron chi connectivity index (χ4n) is 1.94. The van der Waals surface area contributed by atoms with Crippen LogP contribution < -0.4 is 0 Å². The minimum atomic E-state index is 0.253. The van der Waals surface area contributed by atoms with Crippen LogP contribution in [0.15, 0.2) is 30.3 Å². The largest absolute Gasteiger partial charge is 0.113 e. The highest BCUT2D eigenvalue weighted by atomic mass is 31.1. The Morgan fingerprint density at radius 1 is 1.21 bits per heavy atom. The summed E-state index contributed by atoms with van der Waals surface area (Å²) >= 11 is 0. The van der Waals surface area contributed by atoms with Gasteiger partial charge in [0.15, 0.2) is 0 Å². The van der Waals surface area contributed by atoms with Crippen molar-refractivity contribution in [3.63, 3.8) is 0 Å². The van der Waals surface area contributed by atoms with Crippen LogP contribution in [0.25, 0.3) is 5.57 Å². The van der Waals surface area contributed by atoms with Gasteiger partial charge in [0.25, 0.3) is 0 Å². The van der Waals surface area contributed by atoms with Gasteiger partial charge in [-0.2, -0.15) is 0 Å². The summed E-state index contributed by atoms with van der Waals surface area (Å²) in [5.74, 6) is 0. The summed E-state index contributed by atoms with van der Waals surface area (Å²) in [6.07, 6.45) is 6.20. The van der Waals surface area contributed by atoms with Gasteiger partial charge in [-0.25, -0.2) is 0 Å². The van der Waals surface area contributed by atoms with Crippen LogP contribution in [0.1, 0.15) is 17.5 Å². The Kier molecular flexibility index (Phi) is 3.03. The van der Waals surface area contributed by atoms with E-state index in [9.17, 15) is 0 Å². The Morgan fingerprint density at radius 2 is 2.00 bits per heavy atom. The fourth-order valence-corrected chi connectivity index (χ4v) is 2.62. The van der Waals surface area contributed by atoms with Crippen LogP contribution in [0.5, 0.6) is 0 Å². The first-order valence-electron chi connectivity index (χ1n) is 5.19. The maximum atomic E-state index is 2.41. The van der Waals surface area contributed by atoms with Crippen molar-refractivity contribution in [1.82, 2.24) is 0 Å². The van der Waals surface area contributed by atoms with Crippen molar-refractivity contribution in [3.05, 3.63) is 41.5 Å². The van der Waals surface area contributed by atoms with Gasteiger partial charge in [-0.05, 0) is 49.0 Å². The van der Waals surface area contributed by atoms with E-state index in [0.29, 0.717) is 0 Å². The van der Waals surface area contributed by atoms with E-state index >= 15 is 0 Å². The molecule has 0 nitrogen and oxygen atoms in total. The van der Waals surface area contributed by atoms with Crippen LogP contribution in [-0.2, 0) is 6.42 Å². The Hall–Kier alpha value is -0.610. The zero-order valence-electron chi connectivity index (χ0n) is 8.96. The SMILES string of the molecule is CP(C)CCC1=CCc2ccccc21. The van der Waals surface area contributed by atoms with E-state index in [0.717, 1.165) is 6.42 Å². The first-order valence-corrected chi connectivity index (χ1v) is 7.61. The number of hydrogen-bond acceptors (Lipinski definition) is 0. The average molecular weight is 204 g/mol. The molecule has 74 valence electrons. The molecule has 1 heteroatoms. The predicted octanol–water partition coefficient (Wildman–Crippen LogP) is 3.76. The topological polar surface area (TPSA) is 0 Å². The molecular weight excluding hydrogens is 187 g/mol. The van der Waals surface area contributed by atoms with Gasteiger partial charge in [-0.3, -0.25) is 0 Å². The molecule has 0 amide bonds. The molecule has 2 rings (SSSR count). The third kappa shape index (κ3) is 2.07. The van der Waals surface area contributed by atoms with Gasteiger partial charge < -0.3 is 0 Å². The molecule has 0 saturated heterocycles. The Morgan fingerprint density at radius 3 is 2.79 bits per heavy atom. The summed E-state index contributed by atoms with van der Waals surface area (Å²) in [7, 11) is 0.253. The number of fused-ring (bicyclic) bond motifs is 1. The molecule has 1 aromatic rings. The van der Waals surface area contributed by atoms with Gasteiger partial charge in [-0.15, -0.1) is 7.92 Å². The third-order valence-electron chi connectivity index (χ3n) is 2.76. The normalized spacial score (nSPS) is 14.4. The van der Waals surface area contributed by atoms with Crippen molar-refractivity contribution >= 4 is 13.5 Å². The Balaban J connectivity index is 2.09. The molecule has 0 aromatic heterocycles. The van der Waals surface area contributed by atoms with E-state index in [1.165, 1.54) is 23.7 Å². The maximum Gasteiger partial charge on any atom is -0.00854 e. The van der Waals surface area contributed by atoms with Crippen LogP contribution >= 0.6 is 7.92 Å². The van der Waals surface area contributed by atoms with Gasteiger partial charge >= 0.3 is 0 Å². The van der Waals surface area contributed by atoms with Gasteiger partial charge in [0.1, 0.15) is 0 Å². The molecule has 0 N–H and O–H groups in total. The molecular formula is C13H17P. The second-order valence-electron chi connectivity index (χ2n) is 4.14. The van der Waals surface area contributed by atoms with Crippen molar-refractivity contribution in [2.75, 3.05) is 19.5 Å². The summed E-state index contributed by atoms with van der Waals surface area (Å²) in [5, 5.41) is 0. The first kappa shape index (κ1) is 9.93. The summed E-state index contributed by atoms with van der Waals surface area (Å²) in [4.78, 5) is 0. The summed E-state index contributed by atoms with van der Waals surface area (Å²) < 4.78 is 0. The highest BCUT2D eigenvalue weighted by Gasteiger charge is 2.12. The van der Waals surface area contributed by atoms with Crippen molar-refractivity contribution < 1.29 is 0 Å². The molecule has 1 aliphatic carbocycles. The lowest BCUT2D eigenvalue weighted by Crippen LogP contribution is -1.87. The van der Waals surface area contributed by atoms with Crippen LogP contribution in [0.4, 0.5) is 0 Å². The predicted molar refractivity (Wildman–Crippen MR) is 66.4 cm³/mol. The molecule has 0 heterocycles. The van der Waals surface area contributed by atoms with E-state index in [1.54, 1.807) is 5.57 Å². The zero-order valence-corrected chi connectivity index (χ0v) is 9.85. The minimum Gasteiger partial charge on any atom is -0.113 e. The number of benzene rings is 1. The molecule has 0 spiro atoms. The van der Waals surface area contributed by atoms with Crippen LogP contribution in [0.3, 0.4) is 0 Å². The van der Waals surface area contributed by atoms with Crippen LogP contribution in [0, 0.1) is 0 Å². The average Bonchev–Trinajstić information content (AvgIpc) is 2.58. The molecule has 0 aliphatic heterocycles. The van der Waals surface area contributed by atoms with Gasteiger partial charge in [-0.1, -0.05) is 30.3 Å². The molecule has 0 unspecified atom stereocenters. The minimum absolute atomic E-state index is 0.253. The smallest absolute Gasteiger partial charge is 0.00854 e. The molecule has 0 bridgehead atoms. The van der Waals surface area contributed by atoms with Gasteiger partial charge in [0, 0.05) is 0 Å². The number of rotatable bonds is 3. The van der Waals surface area contributed by atoms with Crippen molar-refractivity contribution in [1.29, 1.82) is 0 Å². The second kappa shape index (κ2) is 4.28. The van der Waals surface area contributed by atoms with E-state index in [1.807, 2.05) is 0 Å². The highest BCUT2D eigenvalue weighted by molar-refractivity contribution is 7.55. The highest BCUT2D eigenvalue weighted by Crippen LogP contribution is 2.34. The van der Waals surface area contributed by atoms with Crippen molar-refractivity contribution in [2.24, 2.45) is 0 Å². The van der Waals surface area contributed by atoms with Crippen LogP contribution in [-0.4, -0.2) is 19.5 Å². The number of allylic oxidation sites excluding steroid dienone is 2. The van der Waals surface area contributed by atoms with Crippen molar-refractivity contribution in [2.45, 2.75) is 12.8 Å². The van der Waals surface area contributed by atoms with Gasteiger partial charge in [0.05, 0.1) is 0 Å². The van der Waals surface area contributed by atoms with E-state index in [-0.39, 0.29) is 7.92 Å². The fraction of sp³-hybridized carbons (Fsp3) is 0.385. The Labute approximate surface area is 87.8 Å². The molecule has 0 atom stereocenters. The first-order chi connectivity index (χ1) is 6.77. The van der Waals surface area contributed by atoms with E-state index in [2.05, 4.69) is 43.7 Å². The van der Waals surface area contributed by atoms with E-state index in [4.69, 9.17) is 0 Å². The standard InChI is InChI=1S/C13H17P/c1-14(2)10-9-12-8-7-11-5-3-4-6-13(11)12/h3-6,8H,7,9-10H2,1-2H3. The zero-order chi connectivity index (χ0) is 9.97. The quantitative estimate of drug-likeness (QED) is 0.658.